The lowest BCUT2D eigenvalue weighted by atomic mass is 9.97. The van der Waals surface area contributed by atoms with Crippen LogP contribution in [0.4, 0.5) is 5.82 Å². The van der Waals surface area contributed by atoms with Crippen molar-refractivity contribution in [1.29, 1.82) is 0 Å². The molecule has 0 radical (unpaired) electrons. The topological polar surface area (TPSA) is 86.8 Å². The zero-order valence-corrected chi connectivity index (χ0v) is 14.9. The lowest BCUT2D eigenvalue weighted by Crippen LogP contribution is -2.43. The summed E-state index contributed by atoms with van der Waals surface area (Å²) in [4.78, 5) is 30.6. The van der Waals surface area contributed by atoms with E-state index in [0.717, 1.165) is 36.3 Å². The number of halogens is 1. The second-order valence-corrected chi connectivity index (χ2v) is 6.86. The van der Waals surface area contributed by atoms with Crippen molar-refractivity contribution in [2.45, 2.75) is 19.4 Å². The van der Waals surface area contributed by atoms with Crippen LogP contribution in [0.25, 0.3) is 11.2 Å². The van der Waals surface area contributed by atoms with E-state index < -0.39 is 0 Å². The number of amides is 1. The molecule has 0 spiro atoms. The summed E-state index contributed by atoms with van der Waals surface area (Å²) in [7, 11) is 0. The van der Waals surface area contributed by atoms with E-state index >= 15 is 0 Å². The Morgan fingerprint density at radius 3 is 2.96 bits per heavy atom. The zero-order valence-electron chi connectivity index (χ0n) is 14.2. The molecule has 1 unspecified atom stereocenters. The molecule has 7 nitrogen and oxygen atoms in total. The smallest absolute Gasteiger partial charge is 0.225 e. The molecule has 1 fully saturated rings. The summed E-state index contributed by atoms with van der Waals surface area (Å²) < 4.78 is 0. The SMILES string of the molecule is O=C(NCc1ccc(Cl)cc1)C1CCCN(c2ncnc3nc[nH]c23)C1. The number of fused-ring (bicyclic) bond motifs is 1. The van der Waals surface area contributed by atoms with E-state index in [0.29, 0.717) is 23.8 Å². The minimum absolute atomic E-state index is 0.0658. The van der Waals surface area contributed by atoms with Crippen LogP contribution in [0.1, 0.15) is 18.4 Å². The first-order chi connectivity index (χ1) is 12.7. The third-order valence-electron chi connectivity index (χ3n) is 4.67. The molecule has 1 aliphatic heterocycles. The number of piperidine rings is 1. The molecule has 3 aromatic rings. The van der Waals surface area contributed by atoms with Gasteiger partial charge in [-0.2, -0.15) is 0 Å². The van der Waals surface area contributed by atoms with Gasteiger partial charge in [0.2, 0.25) is 5.91 Å². The van der Waals surface area contributed by atoms with Gasteiger partial charge in [0.05, 0.1) is 12.2 Å². The molecular formula is C18H19ClN6O. The van der Waals surface area contributed by atoms with Gasteiger partial charge in [-0.25, -0.2) is 15.0 Å². The number of carbonyl (C=O) groups excluding carboxylic acids is 1. The van der Waals surface area contributed by atoms with Crippen LogP contribution >= 0.6 is 11.6 Å². The Labute approximate surface area is 155 Å². The predicted molar refractivity (Wildman–Crippen MR) is 99.9 cm³/mol. The number of hydrogen-bond donors (Lipinski definition) is 2. The number of rotatable bonds is 4. The lowest BCUT2D eigenvalue weighted by molar-refractivity contribution is -0.125. The van der Waals surface area contributed by atoms with Crippen LogP contribution in [0, 0.1) is 5.92 Å². The molecule has 1 aromatic carbocycles. The van der Waals surface area contributed by atoms with E-state index in [1.807, 2.05) is 24.3 Å². The summed E-state index contributed by atoms with van der Waals surface area (Å²) in [6.45, 7) is 2.01. The Kier molecular flexibility index (Phi) is 4.71. The number of nitrogens with one attached hydrogen (secondary N) is 2. The number of nitrogens with zero attached hydrogens (tertiary/aromatic N) is 4. The molecule has 26 heavy (non-hydrogen) atoms. The van der Waals surface area contributed by atoms with Gasteiger partial charge in [0, 0.05) is 24.7 Å². The van der Waals surface area contributed by atoms with Crippen molar-refractivity contribution in [3.8, 4) is 0 Å². The number of anilines is 1. The van der Waals surface area contributed by atoms with Crippen LogP contribution in [0.5, 0.6) is 0 Å². The predicted octanol–water partition coefficient (Wildman–Crippen LogP) is 2.54. The van der Waals surface area contributed by atoms with E-state index in [1.54, 1.807) is 6.33 Å². The monoisotopic (exact) mass is 370 g/mol. The maximum absolute atomic E-state index is 12.6. The van der Waals surface area contributed by atoms with Crippen molar-refractivity contribution in [3.63, 3.8) is 0 Å². The molecule has 2 aromatic heterocycles. The van der Waals surface area contributed by atoms with Crippen molar-refractivity contribution in [3.05, 3.63) is 47.5 Å². The molecular weight excluding hydrogens is 352 g/mol. The first kappa shape index (κ1) is 16.8. The fraction of sp³-hybridized carbons (Fsp3) is 0.333. The van der Waals surface area contributed by atoms with Gasteiger partial charge in [-0.05, 0) is 30.5 Å². The standard InChI is InChI=1S/C18H19ClN6O/c19-14-5-3-12(4-6-14)8-20-18(26)13-2-1-7-25(9-13)17-15-16(22-10-21-15)23-11-24-17/h3-6,10-11,13H,1-2,7-9H2,(H,20,26)(H,21,22,23,24). The highest BCUT2D eigenvalue weighted by atomic mass is 35.5. The van der Waals surface area contributed by atoms with Gasteiger partial charge in [-0.15, -0.1) is 0 Å². The summed E-state index contributed by atoms with van der Waals surface area (Å²) in [5.41, 5.74) is 2.49. The van der Waals surface area contributed by atoms with Crippen molar-refractivity contribution < 1.29 is 4.79 Å². The van der Waals surface area contributed by atoms with Gasteiger partial charge >= 0.3 is 0 Å². The first-order valence-electron chi connectivity index (χ1n) is 8.62. The largest absolute Gasteiger partial charge is 0.354 e. The number of imidazole rings is 1. The van der Waals surface area contributed by atoms with Crippen LogP contribution in [0.2, 0.25) is 5.02 Å². The van der Waals surface area contributed by atoms with E-state index in [4.69, 9.17) is 11.6 Å². The van der Waals surface area contributed by atoms with Gasteiger partial charge in [0.1, 0.15) is 11.8 Å². The van der Waals surface area contributed by atoms with E-state index in [2.05, 4.69) is 30.2 Å². The summed E-state index contributed by atoms with van der Waals surface area (Å²) >= 11 is 5.89. The van der Waals surface area contributed by atoms with Crippen LogP contribution in [-0.2, 0) is 11.3 Å². The molecule has 8 heteroatoms. The fourth-order valence-corrected chi connectivity index (χ4v) is 3.44. The Morgan fingerprint density at radius 1 is 1.27 bits per heavy atom. The summed E-state index contributed by atoms with van der Waals surface area (Å²) in [5.74, 6) is 0.811. The van der Waals surface area contributed by atoms with E-state index in [-0.39, 0.29) is 11.8 Å². The van der Waals surface area contributed by atoms with Crippen molar-refractivity contribution >= 4 is 34.5 Å². The molecule has 0 bridgehead atoms. The fourth-order valence-electron chi connectivity index (χ4n) is 3.31. The van der Waals surface area contributed by atoms with Crippen molar-refractivity contribution in [2.24, 2.45) is 5.92 Å². The van der Waals surface area contributed by atoms with Crippen LogP contribution in [-0.4, -0.2) is 38.9 Å². The van der Waals surface area contributed by atoms with E-state index in [9.17, 15) is 4.79 Å². The quantitative estimate of drug-likeness (QED) is 0.737. The highest BCUT2D eigenvalue weighted by molar-refractivity contribution is 6.30. The molecule has 2 N–H and O–H groups in total. The van der Waals surface area contributed by atoms with Crippen LogP contribution in [0.3, 0.4) is 0 Å². The molecule has 1 amide bonds. The minimum Gasteiger partial charge on any atom is -0.354 e. The number of carbonyl (C=O) groups is 1. The first-order valence-corrected chi connectivity index (χ1v) is 8.99. The van der Waals surface area contributed by atoms with Gasteiger partial charge < -0.3 is 15.2 Å². The zero-order chi connectivity index (χ0) is 17.9. The molecule has 0 aliphatic carbocycles. The summed E-state index contributed by atoms with van der Waals surface area (Å²) in [5, 5.41) is 3.72. The average molecular weight is 371 g/mol. The Hall–Kier alpha value is -2.67. The second kappa shape index (κ2) is 7.29. The maximum atomic E-state index is 12.6. The number of aromatic nitrogens is 4. The molecule has 0 saturated carbocycles. The summed E-state index contributed by atoms with van der Waals surface area (Å²) in [6, 6.07) is 7.50. The van der Waals surface area contributed by atoms with Crippen LogP contribution < -0.4 is 10.2 Å². The lowest BCUT2D eigenvalue weighted by Gasteiger charge is -2.32. The Bertz CT molecular complexity index is 909. The van der Waals surface area contributed by atoms with Gasteiger partial charge in [0.15, 0.2) is 11.5 Å². The maximum Gasteiger partial charge on any atom is 0.225 e. The molecule has 1 saturated heterocycles. The Morgan fingerprint density at radius 2 is 2.12 bits per heavy atom. The number of hydrogen-bond acceptors (Lipinski definition) is 5. The third-order valence-corrected chi connectivity index (χ3v) is 4.93. The number of aromatic amines is 1. The molecule has 1 aliphatic rings. The van der Waals surface area contributed by atoms with E-state index in [1.165, 1.54) is 6.33 Å². The van der Waals surface area contributed by atoms with Gasteiger partial charge in [0.25, 0.3) is 0 Å². The number of benzene rings is 1. The van der Waals surface area contributed by atoms with Gasteiger partial charge in [-0.3, -0.25) is 4.79 Å². The second-order valence-electron chi connectivity index (χ2n) is 6.43. The number of H-pyrrole nitrogens is 1. The Balaban J connectivity index is 1.42. The minimum atomic E-state index is -0.0658. The normalized spacial score (nSPS) is 17.4. The van der Waals surface area contributed by atoms with Gasteiger partial charge in [-0.1, -0.05) is 23.7 Å². The average Bonchev–Trinajstić information content (AvgIpc) is 3.16. The summed E-state index contributed by atoms with van der Waals surface area (Å²) in [6.07, 6.45) is 4.95. The highest BCUT2D eigenvalue weighted by Crippen LogP contribution is 2.25. The molecule has 134 valence electrons. The molecule has 1 atom stereocenters. The third kappa shape index (κ3) is 3.48. The highest BCUT2D eigenvalue weighted by Gasteiger charge is 2.27. The van der Waals surface area contributed by atoms with Crippen molar-refractivity contribution in [2.75, 3.05) is 18.0 Å². The molecule has 4 rings (SSSR count). The van der Waals surface area contributed by atoms with Crippen LogP contribution in [0.15, 0.2) is 36.9 Å². The molecule has 3 heterocycles. The van der Waals surface area contributed by atoms with Crippen molar-refractivity contribution in [1.82, 2.24) is 25.3 Å².